The summed E-state index contributed by atoms with van der Waals surface area (Å²) in [6.45, 7) is 3.05. The first-order valence-electron chi connectivity index (χ1n) is 8.60. The van der Waals surface area contributed by atoms with Crippen LogP contribution in [-0.2, 0) is 4.74 Å². The zero-order chi connectivity index (χ0) is 19.4. The second-order valence-electron chi connectivity index (χ2n) is 6.39. The SMILES string of the molecule is CC(NC(=O)N1CCOC(c2ccc(F)c(Cl)c2)C1)c1cccc(C#N)c1. The molecule has 0 aliphatic carbocycles. The maximum Gasteiger partial charge on any atom is 0.318 e. The summed E-state index contributed by atoms with van der Waals surface area (Å²) in [4.78, 5) is 14.3. The third-order valence-electron chi connectivity index (χ3n) is 4.52. The fourth-order valence-corrected chi connectivity index (χ4v) is 3.17. The van der Waals surface area contributed by atoms with E-state index >= 15 is 0 Å². The standard InChI is InChI=1S/C20H19ClFN3O2/c1-13(15-4-2-3-14(9-15)11-23)24-20(26)25-7-8-27-19(12-25)16-5-6-18(22)17(21)10-16/h2-6,9-10,13,19H,7-8,12H2,1H3,(H,24,26). The van der Waals surface area contributed by atoms with Crippen LogP contribution in [0.25, 0.3) is 0 Å². The minimum Gasteiger partial charge on any atom is -0.370 e. The molecule has 2 atom stereocenters. The van der Waals surface area contributed by atoms with E-state index in [1.807, 2.05) is 13.0 Å². The fourth-order valence-electron chi connectivity index (χ4n) is 2.99. The van der Waals surface area contributed by atoms with Crippen LogP contribution >= 0.6 is 11.6 Å². The number of nitriles is 1. The van der Waals surface area contributed by atoms with Crippen LogP contribution in [0.2, 0.25) is 5.02 Å². The average molecular weight is 388 g/mol. The number of hydrogen-bond donors (Lipinski definition) is 1. The van der Waals surface area contributed by atoms with E-state index in [0.29, 0.717) is 25.3 Å². The van der Waals surface area contributed by atoms with Crippen molar-refractivity contribution in [3.8, 4) is 6.07 Å². The van der Waals surface area contributed by atoms with Crippen LogP contribution in [0.1, 0.15) is 35.8 Å². The van der Waals surface area contributed by atoms with Gasteiger partial charge in [0, 0.05) is 6.54 Å². The zero-order valence-corrected chi connectivity index (χ0v) is 15.5. The first-order chi connectivity index (χ1) is 13.0. The Kier molecular flexibility index (Phi) is 5.94. The lowest BCUT2D eigenvalue weighted by Crippen LogP contribution is -2.47. The van der Waals surface area contributed by atoms with Gasteiger partial charge in [-0.25, -0.2) is 9.18 Å². The first-order valence-corrected chi connectivity index (χ1v) is 8.98. The second kappa shape index (κ2) is 8.38. The van der Waals surface area contributed by atoms with Crippen molar-refractivity contribution in [3.63, 3.8) is 0 Å². The maximum atomic E-state index is 13.4. The number of nitrogens with zero attached hydrogens (tertiary/aromatic N) is 2. The molecule has 0 spiro atoms. The molecule has 0 saturated carbocycles. The molecule has 5 nitrogen and oxygen atoms in total. The first kappa shape index (κ1) is 19.2. The Bertz CT molecular complexity index is 884. The summed E-state index contributed by atoms with van der Waals surface area (Å²) in [6, 6.07) is 13.2. The van der Waals surface area contributed by atoms with Gasteiger partial charge in [-0.15, -0.1) is 0 Å². The molecule has 1 saturated heterocycles. The van der Waals surface area contributed by atoms with Crippen molar-refractivity contribution < 1.29 is 13.9 Å². The van der Waals surface area contributed by atoms with Crippen LogP contribution in [0.15, 0.2) is 42.5 Å². The van der Waals surface area contributed by atoms with Gasteiger partial charge >= 0.3 is 6.03 Å². The molecular formula is C20H19ClFN3O2. The van der Waals surface area contributed by atoms with Crippen molar-refractivity contribution in [2.24, 2.45) is 0 Å². The number of amides is 2. The molecule has 3 rings (SSSR count). The summed E-state index contributed by atoms with van der Waals surface area (Å²) in [5.74, 6) is -0.487. The average Bonchev–Trinajstić information content (AvgIpc) is 2.70. The Morgan fingerprint density at radius 3 is 2.96 bits per heavy atom. The molecule has 7 heteroatoms. The van der Waals surface area contributed by atoms with Crippen molar-refractivity contribution in [2.45, 2.75) is 19.1 Å². The van der Waals surface area contributed by atoms with Gasteiger partial charge in [-0.05, 0) is 42.3 Å². The lowest BCUT2D eigenvalue weighted by atomic mass is 10.1. The number of morpholine rings is 1. The molecule has 140 valence electrons. The molecule has 0 aromatic heterocycles. The van der Waals surface area contributed by atoms with Crippen molar-refractivity contribution >= 4 is 17.6 Å². The normalized spacial score (nSPS) is 17.9. The summed E-state index contributed by atoms with van der Waals surface area (Å²) in [5, 5.41) is 12.0. The molecule has 1 aliphatic rings. The van der Waals surface area contributed by atoms with E-state index in [9.17, 15) is 9.18 Å². The number of ether oxygens (including phenoxy) is 1. The van der Waals surface area contributed by atoms with E-state index in [1.54, 1.807) is 29.2 Å². The molecule has 0 bridgehead atoms. The van der Waals surface area contributed by atoms with Gasteiger partial charge in [-0.1, -0.05) is 29.8 Å². The summed E-state index contributed by atoms with van der Waals surface area (Å²) in [5.41, 5.74) is 2.14. The summed E-state index contributed by atoms with van der Waals surface area (Å²) < 4.78 is 19.1. The van der Waals surface area contributed by atoms with E-state index in [4.69, 9.17) is 21.6 Å². The highest BCUT2D eigenvalue weighted by atomic mass is 35.5. The maximum absolute atomic E-state index is 13.4. The number of carbonyl (C=O) groups is 1. The quantitative estimate of drug-likeness (QED) is 0.858. The molecule has 1 heterocycles. The summed E-state index contributed by atoms with van der Waals surface area (Å²) in [6.07, 6.45) is -0.361. The third kappa shape index (κ3) is 4.57. The topological polar surface area (TPSA) is 65.4 Å². The summed E-state index contributed by atoms with van der Waals surface area (Å²) >= 11 is 5.85. The van der Waals surface area contributed by atoms with Gasteiger partial charge in [-0.2, -0.15) is 5.26 Å². The minimum absolute atomic E-state index is 0.0312. The molecule has 2 aromatic rings. The molecule has 2 aromatic carbocycles. The van der Waals surface area contributed by atoms with Crippen molar-refractivity contribution in [1.29, 1.82) is 5.26 Å². The predicted octanol–water partition coefficient (Wildman–Crippen LogP) is 4.19. The van der Waals surface area contributed by atoms with Gasteiger partial charge in [0.2, 0.25) is 0 Å². The molecule has 2 amide bonds. The number of urea groups is 1. The second-order valence-corrected chi connectivity index (χ2v) is 6.79. The van der Waals surface area contributed by atoms with Crippen LogP contribution in [-0.4, -0.2) is 30.6 Å². The van der Waals surface area contributed by atoms with Gasteiger partial charge in [0.05, 0.1) is 35.8 Å². The van der Waals surface area contributed by atoms with Crippen molar-refractivity contribution in [2.75, 3.05) is 19.7 Å². The highest BCUT2D eigenvalue weighted by Crippen LogP contribution is 2.26. The van der Waals surface area contributed by atoms with E-state index in [2.05, 4.69) is 11.4 Å². The Morgan fingerprint density at radius 2 is 2.22 bits per heavy atom. The van der Waals surface area contributed by atoms with Gasteiger partial charge in [0.25, 0.3) is 0 Å². The lowest BCUT2D eigenvalue weighted by Gasteiger charge is -2.34. The number of hydrogen-bond acceptors (Lipinski definition) is 3. The van der Waals surface area contributed by atoms with E-state index in [0.717, 1.165) is 11.1 Å². The molecule has 1 aliphatic heterocycles. The predicted molar refractivity (Wildman–Crippen MR) is 99.8 cm³/mol. The molecule has 27 heavy (non-hydrogen) atoms. The molecule has 1 fully saturated rings. The third-order valence-corrected chi connectivity index (χ3v) is 4.81. The Morgan fingerprint density at radius 1 is 1.41 bits per heavy atom. The molecule has 2 unspecified atom stereocenters. The van der Waals surface area contributed by atoms with Gasteiger partial charge in [0.15, 0.2) is 0 Å². The van der Waals surface area contributed by atoms with Crippen molar-refractivity contribution in [1.82, 2.24) is 10.2 Å². The zero-order valence-electron chi connectivity index (χ0n) is 14.8. The lowest BCUT2D eigenvalue weighted by molar-refractivity contribution is -0.0157. The minimum atomic E-state index is -0.487. The van der Waals surface area contributed by atoms with E-state index in [1.165, 1.54) is 12.1 Å². The Hall–Kier alpha value is -2.62. The molecule has 0 radical (unpaired) electrons. The largest absolute Gasteiger partial charge is 0.370 e. The number of nitrogens with one attached hydrogen (secondary N) is 1. The number of halogens is 2. The van der Waals surface area contributed by atoms with Crippen molar-refractivity contribution in [3.05, 3.63) is 70.0 Å². The Balaban J connectivity index is 1.65. The highest BCUT2D eigenvalue weighted by Gasteiger charge is 2.26. The highest BCUT2D eigenvalue weighted by molar-refractivity contribution is 6.30. The van der Waals surface area contributed by atoms with Gasteiger partial charge in [-0.3, -0.25) is 0 Å². The summed E-state index contributed by atoms with van der Waals surface area (Å²) in [7, 11) is 0. The fraction of sp³-hybridized carbons (Fsp3) is 0.300. The molecule has 1 N–H and O–H groups in total. The van der Waals surface area contributed by atoms with Gasteiger partial charge < -0.3 is 15.0 Å². The number of rotatable bonds is 3. The number of carbonyl (C=O) groups excluding carboxylic acids is 1. The van der Waals surface area contributed by atoms with E-state index < -0.39 is 5.82 Å². The Labute approximate surface area is 162 Å². The number of benzene rings is 2. The van der Waals surface area contributed by atoms with E-state index in [-0.39, 0.29) is 23.2 Å². The van der Waals surface area contributed by atoms with Gasteiger partial charge in [0.1, 0.15) is 11.9 Å². The van der Waals surface area contributed by atoms with Crippen LogP contribution in [0.3, 0.4) is 0 Å². The molecular weight excluding hydrogens is 369 g/mol. The monoisotopic (exact) mass is 387 g/mol. The van der Waals surface area contributed by atoms with Crippen LogP contribution in [0.4, 0.5) is 9.18 Å². The smallest absolute Gasteiger partial charge is 0.318 e. The van der Waals surface area contributed by atoms with Crippen LogP contribution in [0, 0.1) is 17.1 Å². The van der Waals surface area contributed by atoms with Crippen LogP contribution in [0.5, 0.6) is 0 Å². The van der Waals surface area contributed by atoms with Crippen LogP contribution < -0.4 is 5.32 Å².